The molecule has 0 heterocycles. The highest BCUT2D eigenvalue weighted by atomic mass is 16.5. The number of allylic oxidation sites excluding steroid dienone is 1. The number of rotatable bonds is 6. The lowest BCUT2D eigenvalue weighted by atomic mass is 10.2. The van der Waals surface area contributed by atoms with Gasteiger partial charge in [-0.15, -0.1) is 0 Å². The number of phenols is 1. The number of para-hydroxylation sites is 2. The Hall–Kier alpha value is -2.63. The summed E-state index contributed by atoms with van der Waals surface area (Å²) in [4.78, 5) is 32.0. The van der Waals surface area contributed by atoms with Crippen LogP contribution in [-0.4, -0.2) is 28.3 Å². The number of ketones is 1. The standard InChI is InChI=1S/C12H10O6/c13-7-3-6-10(11(15)12(16)17)18-9-5-2-1-4-8(9)14/h1-2,4-7,14H,3H2,(H,16,17). The van der Waals surface area contributed by atoms with E-state index in [0.29, 0.717) is 6.29 Å². The first-order chi connectivity index (χ1) is 8.56. The van der Waals surface area contributed by atoms with E-state index >= 15 is 0 Å². The lowest BCUT2D eigenvalue weighted by Crippen LogP contribution is -2.19. The van der Waals surface area contributed by atoms with Crippen LogP contribution in [0, 0.1) is 0 Å². The second kappa shape index (κ2) is 6.19. The average Bonchev–Trinajstić information content (AvgIpc) is 2.35. The van der Waals surface area contributed by atoms with Crippen molar-refractivity contribution in [2.75, 3.05) is 0 Å². The molecule has 18 heavy (non-hydrogen) atoms. The van der Waals surface area contributed by atoms with Crippen LogP contribution in [-0.2, 0) is 14.4 Å². The first kappa shape index (κ1) is 13.4. The number of ether oxygens (including phenoxy) is 1. The van der Waals surface area contributed by atoms with Crippen molar-refractivity contribution in [2.45, 2.75) is 6.42 Å². The summed E-state index contributed by atoms with van der Waals surface area (Å²) in [6, 6.07) is 5.75. The summed E-state index contributed by atoms with van der Waals surface area (Å²) >= 11 is 0. The molecule has 0 unspecified atom stereocenters. The third-order valence-corrected chi connectivity index (χ3v) is 1.90. The van der Waals surface area contributed by atoms with E-state index in [1.54, 1.807) is 0 Å². The summed E-state index contributed by atoms with van der Waals surface area (Å²) in [5.74, 6) is -3.82. The summed E-state index contributed by atoms with van der Waals surface area (Å²) in [5.41, 5.74) is 0. The number of aromatic hydroxyl groups is 1. The van der Waals surface area contributed by atoms with Gasteiger partial charge in [0.15, 0.2) is 17.3 Å². The van der Waals surface area contributed by atoms with Crippen LogP contribution >= 0.6 is 0 Å². The highest BCUT2D eigenvalue weighted by Gasteiger charge is 2.20. The molecule has 0 aliphatic rings. The van der Waals surface area contributed by atoms with Gasteiger partial charge < -0.3 is 19.7 Å². The Labute approximate surface area is 102 Å². The third kappa shape index (κ3) is 3.44. The third-order valence-electron chi connectivity index (χ3n) is 1.90. The predicted molar refractivity (Wildman–Crippen MR) is 60.1 cm³/mol. The van der Waals surface area contributed by atoms with Gasteiger partial charge in [0.1, 0.15) is 6.29 Å². The summed E-state index contributed by atoms with van der Waals surface area (Å²) in [5, 5.41) is 18.0. The molecule has 6 nitrogen and oxygen atoms in total. The van der Waals surface area contributed by atoms with Gasteiger partial charge in [0, 0.05) is 6.42 Å². The van der Waals surface area contributed by atoms with E-state index in [4.69, 9.17) is 9.84 Å². The van der Waals surface area contributed by atoms with Crippen LogP contribution in [0.15, 0.2) is 36.1 Å². The van der Waals surface area contributed by atoms with Crippen molar-refractivity contribution in [3.8, 4) is 11.5 Å². The van der Waals surface area contributed by atoms with Gasteiger partial charge in [0.25, 0.3) is 0 Å². The molecule has 0 amide bonds. The SMILES string of the molecule is O=CCC=C(Oc1ccccc1O)C(=O)C(=O)O. The van der Waals surface area contributed by atoms with Crippen molar-refractivity contribution >= 4 is 18.0 Å². The molecule has 0 spiro atoms. The van der Waals surface area contributed by atoms with Crippen LogP contribution in [0.5, 0.6) is 11.5 Å². The molecule has 0 aliphatic heterocycles. The van der Waals surface area contributed by atoms with Crippen molar-refractivity contribution in [1.82, 2.24) is 0 Å². The number of carboxylic acid groups (broad SMARTS) is 1. The second-order valence-corrected chi connectivity index (χ2v) is 3.17. The minimum atomic E-state index is -1.71. The van der Waals surface area contributed by atoms with Crippen LogP contribution in [0.3, 0.4) is 0 Å². The molecule has 6 heteroatoms. The van der Waals surface area contributed by atoms with Crippen molar-refractivity contribution in [1.29, 1.82) is 0 Å². The molecule has 0 saturated heterocycles. The molecule has 0 atom stereocenters. The molecule has 1 rings (SSSR count). The zero-order valence-electron chi connectivity index (χ0n) is 9.20. The Morgan fingerprint density at radius 1 is 1.28 bits per heavy atom. The Morgan fingerprint density at radius 2 is 1.94 bits per heavy atom. The average molecular weight is 250 g/mol. The number of carbonyl (C=O) groups is 3. The van der Waals surface area contributed by atoms with Crippen LogP contribution < -0.4 is 4.74 Å². The van der Waals surface area contributed by atoms with E-state index in [-0.39, 0.29) is 17.9 Å². The first-order valence-electron chi connectivity index (χ1n) is 4.93. The lowest BCUT2D eigenvalue weighted by Gasteiger charge is -2.08. The van der Waals surface area contributed by atoms with Crippen LogP contribution in [0.25, 0.3) is 0 Å². The molecule has 94 valence electrons. The number of aldehydes is 1. The summed E-state index contributed by atoms with van der Waals surface area (Å²) in [6.07, 6.45) is 1.36. The van der Waals surface area contributed by atoms with Crippen molar-refractivity contribution in [3.63, 3.8) is 0 Å². The lowest BCUT2D eigenvalue weighted by molar-refractivity contribution is -0.148. The zero-order valence-corrected chi connectivity index (χ0v) is 9.20. The molecule has 1 aromatic rings. The van der Waals surface area contributed by atoms with E-state index in [1.807, 2.05) is 0 Å². The molecule has 0 radical (unpaired) electrons. The number of Topliss-reactive ketones (excluding diaryl/α,β-unsaturated/α-hetero) is 1. The largest absolute Gasteiger partial charge is 0.504 e. The highest BCUT2D eigenvalue weighted by Crippen LogP contribution is 2.26. The van der Waals surface area contributed by atoms with Crippen molar-refractivity contribution < 1.29 is 29.3 Å². The maximum absolute atomic E-state index is 11.3. The summed E-state index contributed by atoms with van der Waals surface area (Å²) in [7, 11) is 0. The fraction of sp³-hybridized carbons (Fsp3) is 0.0833. The maximum Gasteiger partial charge on any atom is 0.380 e. The molecular formula is C12H10O6. The molecule has 0 fully saturated rings. The Morgan fingerprint density at radius 3 is 2.50 bits per heavy atom. The molecule has 0 bridgehead atoms. The van der Waals surface area contributed by atoms with Crippen molar-refractivity contribution in [3.05, 3.63) is 36.1 Å². The molecule has 2 N–H and O–H groups in total. The van der Waals surface area contributed by atoms with E-state index < -0.39 is 17.5 Å². The normalized spacial score (nSPS) is 10.8. The molecule has 1 aromatic carbocycles. The number of phenolic OH excluding ortho intramolecular Hbond substituents is 1. The Balaban J connectivity index is 2.99. The predicted octanol–water partition coefficient (Wildman–Crippen LogP) is 0.898. The van der Waals surface area contributed by atoms with E-state index in [9.17, 15) is 19.5 Å². The van der Waals surface area contributed by atoms with E-state index in [1.165, 1.54) is 24.3 Å². The second-order valence-electron chi connectivity index (χ2n) is 3.17. The molecule has 0 aromatic heterocycles. The topological polar surface area (TPSA) is 101 Å². The number of hydrogen-bond donors (Lipinski definition) is 2. The number of benzene rings is 1. The van der Waals surface area contributed by atoms with Gasteiger partial charge in [-0.2, -0.15) is 0 Å². The number of hydrogen-bond acceptors (Lipinski definition) is 5. The van der Waals surface area contributed by atoms with Crippen LogP contribution in [0.4, 0.5) is 0 Å². The number of carbonyl (C=O) groups excluding carboxylic acids is 2. The molecular weight excluding hydrogens is 240 g/mol. The van der Waals surface area contributed by atoms with Gasteiger partial charge in [-0.25, -0.2) is 4.79 Å². The number of carboxylic acids is 1. The smallest absolute Gasteiger partial charge is 0.380 e. The van der Waals surface area contributed by atoms with E-state index in [0.717, 1.165) is 6.08 Å². The monoisotopic (exact) mass is 250 g/mol. The zero-order chi connectivity index (χ0) is 13.5. The number of aliphatic carboxylic acids is 1. The van der Waals surface area contributed by atoms with Gasteiger partial charge in [-0.3, -0.25) is 4.79 Å². The van der Waals surface area contributed by atoms with Crippen LogP contribution in [0.1, 0.15) is 6.42 Å². The van der Waals surface area contributed by atoms with Gasteiger partial charge in [-0.1, -0.05) is 12.1 Å². The Bertz CT molecular complexity index is 503. The Kier molecular flexibility index (Phi) is 4.62. The first-order valence-corrected chi connectivity index (χ1v) is 4.93. The molecule has 0 aliphatic carbocycles. The van der Waals surface area contributed by atoms with E-state index in [2.05, 4.69) is 0 Å². The van der Waals surface area contributed by atoms with Gasteiger partial charge >= 0.3 is 11.8 Å². The summed E-state index contributed by atoms with van der Waals surface area (Å²) < 4.78 is 4.99. The van der Waals surface area contributed by atoms with Gasteiger partial charge in [-0.05, 0) is 18.2 Å². The van der Waals surface area contributed by atoms with Gasteiger partial charge in [0.2, 0.25) is 0 Å². The maximum atomic E-state index is 11.3. The van der Waals surface area contributed by atoms with Crippen LogP contribution in [0.2, 0.25) is 0 Å². The minimum Gasteiger partial charge on any atom is -0.504 e. The summed E-state index contributed by atoms with van der Waals surface area (Å²) in [6.45, 7) is 0. The van der Waals surface area contributed by atoms with Crippen molar-refractivity contribution in [2.24, 2.45) is 0 Å². The fourth-order valence-corrected chi connectivity index (χ4v) is 1.10. The minimum absolute atomic E-state index is 0.0655. The fourth-order valence-electron chi connectivity index (χ4n) is 1.10. The quantitative estimate of drug-likeness (QED) is 0.336. The highest BCUT2D eigenvalue weighted by molar-refractivity contribution is 6.39. The molecule has 0 saturated carbocycles. The van der Waals surface area contributed by atoms with Gasteiger partial charge in [0.05, 0.1) is 0 Å².